The van der Waals surface area contributed by atoms with Gasteiger partial charge in [0.2, 0.25) is 5.56 Å². The SMILES string of the molecule is Cn1c(SCCCN2CC[C@]3(C[C@@H]3c3ccc(F)cc3)C2)nnc1-c1ccc(=O)[nH]c1. The van der Waals surface area contributed by atoms with E-state index in [1.165, 1.54) is 24.5 Å². The van der Waals surface area contributed by atoms with Gasteiger partial charge in [-0.05, 0) is 67.4 Å². The van der Waals surface area contributed by atoms with E-state index in [1.54, 1.807) is 36.2 Å². The third-order valence-electron chi connectivity index (χ3n) is 6.65. The molecular weight excluding hydrogens is 413 g/mol. The molecule has 2 atom stereocenters. The van der Waals surface area contributed by atoms with E-state index in [-0.39, 0.29) is 11.4 Å². The number of benzene rings is 1. The molecule has 1 saturated heterocycles. The van der Waals surface area contributed by atoms with E-state index in [2.05, 4.69) is 20.1 Å². The fraction of sp³-hybridized carbons (Fsp3) is 0.435. The van der Waals surface area contributed by atoms with Crippen LogP contribution in [-0.4, -0.2) is 50.0 Å². The van der Waals surface area contributed by atoms with Gasteiger partial charge in [-0.1, -0.05) is 23.9 Å². The molecule has 162 valence electrons. The lowest BCUT2D eigenvalue weighted by atomic mass is 9.98. The van der Waals surface area contributed by atoms with Crippen molar-refractivity contribution in [3.63, 3.8) is 0 Å². The van der Waals surface area contributed by atoms with Crippen LogP contribution in [0.4, 0.5) is 4.39 Å². The molecule has 2 fully saturated rings. The summed E-state index contributed by atoms with van der Waals surface area (Å²) >= 11 is 1.72. The highest BCUT2D eigenvalue weighted by atomic mass is 32.2. The number of nitrogens with zero attached hydrogens (tertiary/aromatic N) is 4. The molecule has 1 N–H and O–H groups in total. The lowest BCUT2D eigenvalue weighted by Crippen LogP contribution is -2.23. The highest BCUT2D eigenvalue weighted by Gasteiger charge is 2.57. The van der Waals surface area contributed by atoms with Crippen molar-refractivity contribution >= 4 is 11.8 Å². The maximum absolute atomic E-state index is 13.2. The zero-order valence-corrected chi connectivity index (χ0v) is 18.4. The van der Waals surface area contributed by atoms with Gasteiger partial charge in [0.25, 0.3) is 0 Å². The quantitative estimate of drug-likeness (QED) is 0.449. The molecule has 1 saturated carbocycles. The van der Waals surface area contributed by atoms with Crippen LogP contribution in [0.15, 0.2) is 52.5 Å². The molecule has 3 heterocycles. The molecule has 6 nitrogen and oxygen atoms in total. The predicted molar refractivity (Wildman–Crippen MR) is 120 cm³/mol. The summed E-state index contributed by atoms with van der Waals surface area (Å²) in [5.41, 5.74) is 2.43. The lowest BCUT2D eigenvalue weighted by Gasteiger charge is -2.16. The minimum Gasteiger partial charge on any atom is -0.328 e. The molecule has 1 aliphatic carbocycles. The third kappa shape index (κ3) is 4.19. The maximum Gasteiger partial charge on any atom is 0.247 e. The third-order valence-corrected chi connectivity index (χ3v) is 7.76. The first kappa shape index (κ1) is 20.5. The first-order valence-corrected chi connectivity index (χ1v) is 11.7. The van der Waals surface area contributed by atoms with Gasteiger partial charge in [0, 0.05) is 37.2 Å². The Labute approximate surface area is 184 Å². The summed E-state index contributed by atoms with van der Waals surface area (Å²) in [6, 6.07) is 10.3. The van der Waals surface area contributed by atoms with Crippen molar-refractivity contribution in [2.75, 3.05) is 25.4 Å². The standard InChI is InChI=1S/C23H26FN5OS/c1-28-21(17-5-8-20(30)25-14-17)26-27-22(28)31-12-2-10-29-11-9-23(15-29)13-19(23)16-3-6-18(24)7-4-16/h3-8,14,19H,2,9-13,15H2,1H3,(H,25,30)/t19-,23+/m1/s1. The molecule has 0 bridgehead atoms. The molecule has 5 rings (SSSR count). The summed E-state index contributed by atoms with van der Waals surface area (Å²) in [4.78, 5) is 16.5. The first-order valence-electron chi connectivity index (χ1n) is 10.7. The van der Waals surface area contributed by atoms with Crippen molar-refractivity contribution in [2.24, 2.45) is 12.5 Å². The Morgan fingerprint density at radius 2 is 2.06 bits per heavy atom. The van der Waals surface area contributed by atoms with Gasteiger partial charge >= 0.3 is 0 Å². The normalized spacial score (nSPS) is 23.0. The van der Waals surface area contributed by atoms with Crippen molar-refractivity contribution in [2.45, 2.75) is 30.3 Å². The number of rotatable bonds is 7. The Hall–Kier alpha value is -2.45. The van der Waals surface area contributed by atoms with Crippen molar-refractivity contribution in [1.29, 1.82) is 0 Å². The number of hydrogen-bond donors (Lipinski definition) is 1. The second-order valence-electron chi connectivity index (χ2n) is 8.71. The molecule has 2 aliphatic rings. The van der Waals surface area contributed by atoms with E-state index in [0.29, 0.717) is 11.3 Å². The number of pyridine rings is 1. The number of hydrogen-bond acceptors (Lipinski definition) is 5. The Bertz CT molecular complexity index is 1110. The number of likely N-dealkylation sites (tertiary alicyclic amines) is 1. The average Bonchev–Trinajstić information content (AvgIpc) is 3.11. The zero-order chi connectivity index (χ0) is 21.4. The van der Waals surface area contributed by atoms with E-state index in [0.717, 1.165) is 48.4 Å². The first-order chi connectivity index (χ1) is 15.0. The van der Waals surface area contributed by atoms with E-state index < -0.39 is 0 Å². The van der Waals surface area contributed by atoms with Crippen LogP contribution in [-0.2, 0) is 7.05 Å². The fourth-order valence-corrected chi connectivity index (χ4v) is 5.67. The summed E-state index contributed by atoms with van der Waals surface area (Å²) < 4.78 is 15.2. The largest absolute Gasteiger partial charge is 0.328 e. The van der Waals surface area contributed by atoms with Gasteiger partial charge < -0.3 is 14.5 Å². The van der Waals surface area contributed by atoms with E-state index in [4.69, 9.17) is 0 Å². The number of H-pyrrole nitrogens is 1. The lowest BCUT2D eigenvalue weighted by molar-refractivity contribution is 0.319. The van der Waals surface area contributed by atoms with Gasteiger partial charge in [0.1, 0.15) is 5.82 Å². The molecule has 0 radical (unpaired) electrons. The Morgan fingerprint density at radius 1 is 1.23 bits per heavy atom. The van der Waals surface area contributed by atoms with Crippen LogP contribution in [0.3, 0.4) is 0 Å². The number of halogens is 1. The van der Waals surface area contributed by atoms with E-state index >= 15 is 0 Å². The minimum absolute atomic E-state index is 0.126. The van der Waals surface area contributed by atoms with Crippen molar-refractivity contribution in [1.82, 2.24) is 24.6 Å². The summed E-state index contributed by atoms with van der Waals surface area (Å²) in [5.74, 6) is 2.18. The highest BCUT2D eigenvalue weighted by Crippen LogP contribution is 2.64. The molecule has 1 aliphatic heterocycles. The van der Waals surface area contributed by atoms with Gasteiger partial charge in [0.15, 0.2) is 11.0 Å². The number of thioether (sulfide) groups is 1. The van der Waals surface area contributed by atoms with Crippen LogP contribution >= 0.6 is 11.8 Å². The molecule has 31 heavy (non-hydrogen) atoms. The second-order valence-corrected chi connectivity index (χ2v) is 9.77. The summed E-state index contributed by atoms with van der Waals surface area (Å²) in [6.45, 7) is 3.40. The summed E-state index contributed by atoms with van der Waals surface area (Å²) in [5, 5.41) is 9.47. The van der Waals surface area contributed by atoms with E-state index in [1.807, 2.05) is 23.7 Å². The van der Waals surface area contributed by atoms with E-state index in [9.17, 15) is 9.18 Å². The van der Waals surface area contributed by atoms with Crippen molar-refractivity contribution in [3.8, 4) is 11.4 Å². The highest BCUT2D eigenvalue weighted by molar-refractivity contribution is 7.99. The van der Waals surface area contributed by atoms with Crippen LogP contribution < -0.4 is 5.56 Å². The van der Waals surface area contributed by atoms with Crippen LogP contribution in [0, 0.1) is 11.2 Å². The van der Waals surface area contributed by atoms with Crippen LogP contribution in [0.5, 0.6) is 0 Å². The van der Waals surface area contributed by atoms with Gasteiger partial charge in [-0.25, -0.2) is 4.39 Å². The molecular formula is C23H26FN5OS. The molecule has 1 spiro atoms. The Balaban J connectivity index is 1.09. The minimum atomic E-state index is -0.155. The molecule has 2 aromatic heterocycles. The Kier molecular flexibility index (Phi) is 5.44. The molecule has 8 heteroatoms. The number of aromatic amines is 1. The zero-order valence-electron chi connectivity index (χ0n) is 17.6. The topological polar surface area (TPSA) is 66.8 Å². The van der Waals surface area contributed by atoms with Crippen LogP contribution in [0.2, 0.25) is 0 Å². The molecule has 1 aromatic carbocycles. The monoisotopic (exact) mass is 439 g/mol. The molecule has 0 unspecified atom stereocenters. The van der Waals surface area contributed by atoms with Gasteiger partial charge in [-0.15, -0.1) is 10.2 Å². The fourth-order valence-electron chi connectivity index (χ4n) is 4.83. The summed E-state index contributed by atoms with van der Waals surface area (Å²) in [6.07, 6.45) is 5.24. The maximum atomic E-state index is 13.2. The summed E-state index contributed by atoms with van der Waals surface area (Å²) in [7, 11) is 1.95. The predicted octanol–water partition coefficient (Wildman–Crippen LogP) is 3.67. The second kappa shape index (κ2) is 8.24. The average molecular weight is 440 g/mol. The number of aromatic nitrogens is 4. The van der Waals surface area contributed by atoms with Gasteiger partial charge in [0.05, 0.1) is 0 Å². The van der Waals surface area contributed by atoms with Crippen LogP contribution in [0.1, 0.15) is 30.7 Å². The molecule has 0 amide bonds. The smallest absolute Gasteiger partial charge is 0.247 e. The Morgan fingerprint density at radius 3 is 2.84 bits per heavy atom. The van der Waals surface area contributed by atoms with Crippen molar-refractivity contribution in [3.05, 3.63) is 64.3 Å². The van der Waals surface area contributed by atoms with Gasteiger partial charge in [-0.2, -0.15) is 0 Å². The van der Waals surface area contributed by atoms with Crippen LogP contribution in [0.25, 0.3) is 11.4 Å². The number of nitrogens with one attached hydrogen (secondary N) is 1. The molecule has 3 aromatic rings. The van der Waals surface area contributed by atoms with Crippen molar-refractivity contribution < 1.29 is 4.39 Å². The van der Waals surface area contributed by atoms with Gasteiger partial charge in [-0.3, -0.25) is 4.79 Å².